The molecule has 3 rings (SSSR count). The van der Waals surface area contributed by atoms with Crippen LogP contribution in [0.4, 0.5) is 16.2 Å². The van der Waals surface area contributed by atoms with Crippen LogP contribution < -0.4 is 10.6 Å². The molecular weight excluding hydrogens is 293 g/mol. The van der Waals surface area contributed by atoms with Crippen LogP contribution in [-0.4, -0.2) is 47.6 Å². The molecule has 1 aromatic heterocycles. The van der Waals surface area contributed by atoms with Gasteiger partial charge in [0.1, 0.15) is 0 Å². The highest BCUT2D eigenvalue weighted by molar-refractivity contribution is 5.40. The molecule has 23 heavy (non-hydrogen) atoms. The number of hydrogen-bond donors (Lipinski definition) is 2. The van der Waals surface area contributed by atoms with Crippen molar-refractivity contribution >= 4 is 11.8 Å². The van der Waals surface area contributed by atoms with Crippen LogP contribution in [0.1, 0.15) is 44.9 Å². The number of rotatable bonds is 5. The van der Waals surface area contributed by atoms with Crippen LogP contribution in [0.5, 0.6) is 0 Å². The molecule has 2 fully saturated rings. The lowest BCUT2D eigenvalue weighted by Crippen LogP contribution is -2.44. The van der Waals surface area contributed by atoms with E-state index >= 15 is 0 Å². The van der Waals surface area contributed by atoms with Crippen molar-refractivity contribution in [1.82, 2.24) is 14.9 Å². The number of nitrogens with zero attached hydrogens (tertiary/aromatic N) is 3. The van der Waals surface area contributed by atoms with Crippen LogP contribution in [0.3, 0.4) is 0 Å². The van der Waals surface area contributed by atoms with Crippen LogP contribution in [0.15, 0.2) is 6.20 Å². The lowest BCUT2D eigenvalue weighted by molar-refractivity contribution is 0.166. The third kappa shape index (κ3) is 4.53. The summed E-state index contributed by atoms with van der Waals surface area (Å²) < 4.78 is 13.4. The number of piperidine rings is 1. The van der Waals surface area contributed by atoms with Gasteiger partial charge in [-0.3, -0.25) is 0 Å². The first-order valence-electron chi connectivity index (χ1n) is 8.94. The van der Waals surface area contributed by atoms with Gasteiger partial charge in [-0.25, -0.2) is 9.37 Å². The summed E-state index contributed by atoms with van der Waals surface area (Å²) in [6.45, 7) is 3.46. The minimum absolute atomic E-state index is 0.248. The normalized spacial score (nSPS) is 23.7. The van der Waals surface area contributed by atoms with Gasteiger partial charge in [-0.15, -0.1) is 0 Å². The average molecular weight is 321 g/mol. The number of aromatic nitrogens is 2. The molecule has 0 spiro atoms. The SMILES string of the molecule is CNc1nc(NC2CCCN(CC3CCCCC3)C2)ncc1F. The molecule has 2 aliphatic rings. The van der Waals surface area contributed by atoms with E-state index in [9.17, 15) is 4.39 Å². The summed E-state index contributed by atoms with van der Waals surface area (Å²) in [6, 6.07) is 0.350. The summed E-state index contributed by atoms with van der Waals surface area (Å²) in [5, 5.41) is 6.14. The molecular formula is C17H28FN5. The summed E-state index contributed by atoms with van der Waals surface area (Å²) in [4.78, 5) is 10.8. The Labute approximate surface area is 138 Å². The molecule has 0 radical (unpaired) electrons. The molecule has 1 unspecified atom stereocenters. The van der Waals surface area contributed by atoms with Crippen LogP contribution in [0, 0.1) is 11.7 Å². The van der Waals surface area contributed by atoms with E-state index < -0.39 is 5.82 Å². The van der Waals surface area contributed by atoms with E-state index in [4.69, 9.17) is 0 Å². The van der Waals surface area contributed by atoms with E-state index in [1.54, 1.807) is 7.05 Å². The van der Waals surface area contributed by atoms with Gasteiger partial charge in [0, 0.05) is 26.2 Å². The predicted molar refractivity (Wildman–Crippen MR) is 91.2 cm³/mol. The number of nitrogens with one attached hydrogen (secondary N) is 2. The Bertz CT molecular complexity index is 504. The van der Waals surface area contributed by atoms with Crippen molar-refractivity contribution in [3.8, 4) is 0 Å². The topological polar surface area (TPSA) is 53.1 Å². The van der Waals surface area contributed by atoms with Crippen molar-refractivity contribution < 1.29 is 4.39 Å². The Hall–Kier alpha value is -1.43. The Morgan fingerprint density at radius 3 is 2.83 bits per heavy atom. The molecule has 5 nitrogen and oxygen atoms in total. The maximum absolute atomic E-state index is 13.4. The summed E-state index contributed by atoms with van der Waals surface area (Å²) in [7, 11) is 1.67. The van der Waals surface area contributed by atoms with Crippen molar-refractivity contribution in [2.75, 3.05) is 37.3 Å². The highest BCUT2D eigenvalue weighted by Gasteiger charge is 2.24. The van der Waals surface area contributed by atoms with Gasteiger partial charge in [-0.2, -0.15) is 4.98 Å². The minimum atomic E-state index is -0.416. The fourth-order valence-corrected chi connectivity index (χ4v) is 3.87. The quantitative estimate of drug-likeness (QED) is 0.873. The van der Waals surface area contributed by atoms with Gasteiger partial charge in [0.05, 0.1) is 6.20 Å². The van der Waals surface area contributed by atoms with Gasteiger partial charge in [0.15, 0.2) is 11.6 Å². The summed E-state index contributed by atoms with van der Waals surface area (Å²) in [5.41, 5.74) is 0. The Balaban J connectivity index is 1.53. The molecule has 0 bridgehead atoms. The minimum Gasteiger partial charge on any atom is -0.371 e. The molecule has 128 valence electrons. The Morgan fingerprint density at radius 2 is 2.04 bits per heavy atom. The van der Waals surface area contributed by atoms with E-state index in [1.807, 2.05) is 0 Å². The largest absolute Gasteiger partial charge is 0.371 e. The van der Waals surface area contributed by atoms with E-state index in [1.165, 1.54) is 57.8 Å². The van der Waals surface area contributed by atoms with Gasteiger partial charge >= 0.3 is 0 Å². The predicted octanol–water partition coefficient (Wildman–Crippen LogP) is 3.11. The zero-order valence-electron chi connectivity index (χ0n) is 14.0. The monoisotopic (exact) mass is 321 g/mol. The third-order valence-electron chi connectivity index (χ3n) is 5.06. The molecule has 1 aromatic rings. The lowest BCUT2D eigenvalue weighted by Gasteiger charge is -2.36. The van der Waals surface area contributed by atoms with Crippen molar-refractivity contribution in [3.63, 3.8) is 0 Å². The molecule has 1 saturated heterocycles. The van der Waals surface area contributed by atoms with Crippen LogP contribution in [-0.2, 0) is 0 Å². The van der Waals surface area contributed by atoms with Gasteiger partial charge in [0.2, 0.25) is 5.95 Å². The van der Waals surface area contributed by atoms with Gasteiger partial charge in [0.25, 0.3) is 0 Å². The zero-order valence-corrected chi connectivity index (χ0v) is 14.0. The van der Waals surface area contributed by atoms with E-state index in [0.717, 1.165) is 18.9 Å². The molecule has 1 aliphatic carbocycles. The van der Waals surface area contributed by atoms with E-state index in [-0.39, 0.29) is 5.82 Å². The summed E-state index contributed by atoms with van der Waals surface area (Å²) in [6.07, 6.45) is 10.5. The maximum Gasteiger partial charge on any atom is 0.225 e. The second kappa shape index (κ2) is 7.90. The first-order chi connectivity index (χ1) is 11.2. The average Bonchev–Trinajstić information content (AvgIpc) is 2.58. The Morgan fingerprint density at radius 1 is 1.22 bits per heavy atom. The van der Waals surface area contributed by atoms with Crippen LogP contribution in [0.25, 0.3) is 0 Å². The second-order valence-electron chi connectivity index (χ2n) is 6.89. The molecule has 6 heteroatoms. The van der Waals surface area contributed by atoms with Gasteiger partial charge in [-0.1, -0.05) is 19.3 Å². The van der Waals surface area contributed by atoms with Crippen molar-refractivity contribution in [3.05, 3.63) is 12.0 Å². The molecule has 2 heterocycles. The van der Waals surface area contributed by atoms with E-state index in [0.29, 0.717) is 12.0 Å². The smallest absolute Gasteiger partial charge is 0.225 e. The fraction of sp³-hybridized carbons (Fsp3) is 0.765. The first-order valence-corrected chi connectivity index (χ1v) is 8.94. The van der Waals surface area contributed by atoms with Crippen molar-refractivity contribution in [2.45, 2.75) is 51.0 Å². The first kappa shape index (κ1) is 16.4. The fourth-order valence-electron chi connectivity index (χ4n) is 3.87. The standard InChI is InChI=1S/C17H28FN5/c1-19-16-15(18)10-20-17(22-16)21-14-8-5-9-23(12-14)11-13-6-3-2-4-7-13/h10,13-14H,2-9,11-12H2,1H3,(H2,19,20,21,22). The maximum atomic E-state index is 13.4. The van der Waals surface area contributed by atoms with Crippen LogP contribution >= 0.6 is 0 Å². The number of halogens is 1. The van der Waals surface area contributed by atoms with Crippen molar-refractivity contribution in [2.24, 2.45) is 5.92 Å². The molecule has 1 saturated carbocycles. The lowest BCUT2D eigenvalue weighted by atomic mass is 9.88. The summed E-state index contributed by atoms with van der Waals surface area (Å²) in [5.74, 6) is 1.22. The summed E-state index contributed by atoms with van der Waals surface area (Å²) >= 11 is 0. The highest BCUT2D eigenvalue weighted by Crippen LogP contribution is 2.26. The molecule has 0 amide bonds. The molecule has 1 atom stereocenters. The Kier molecular flexibility index (Phi) is 5.65. The molecule has 0 aromatic carbocycles. The zero-order chi connectivity index (χ0) is 16.1. The van der Waals surface area contributed by atoms with Crippen molar-refractivity contribution in [1.29, 1.82) is 0 Å². The number of likely N-dealkylation sites (tertiary alicyclic amines) is 1. The molecule has 2 N–H and O–H groups in total. The van der Waals surface area contributed by atoms with Gasteiger partial charge < -0.3 is 15.5 Å². The van der Waals surface area contributed by atoms with Gasteiger partial charge in [-0.05, 0) is 38.1 Å². The van der Waals surface area contributed by atoms with E-state index in [2.05, 4.69) is 25.5 Å². The van der Waals surface area contributed by atoms with Crippen LogP contribution in [0.2, 0.25) is 0 Å². The third-order valence-corrected chi connectivity index (χ3v) is 5.06. The highest BCUT2D eigenvalue weighted by atomic mass is 19.1. The second-order valence-corrected chi connectivity index (χ2v) is 6.89. The number of hydrogen-bond acceptors (Lipinski definition) is 5. The molecule has 1 aliphatic heterocycles. The number of anilines is 2.